The van der Waals surface area contributed by atoms with Crippen molar-refractivity contribution in [1.29, 1.82) is 0 Å². The lowest BCUT2D eigenvalue weighted by atomic mass is 10.00. The molecular formula is C26H37NO. The molecule has 2 rings (SSSR count). The highest BCUT2D eigenvalue weighted by molar-refractivity contribution is 5.86. The number of benzene rings is 2. The molecule has 28 heavy (non-hydrogen) atoms. The van der Waals surface area contributed by atoms with E-state index in [1.54, 1.807) is 6.21 Å². The van der Waals surface area contributed by atoms with Crippen LogP contribution >= 0.6 is 0 Å². The van der Waals surface area contributed by atoms with Gasteiger partial charge in [0.05, 0.1) is 5.69 Å². The Morgan fingerprint density at radius 3 is 2.07 bits per heavy atom. The first-order valence-corrected chi connectivity index (χ1v) is 11.1. The Morgan fingerprint density at radius 1 is 0.821 bits per heavy atom. The summed E-state index contributed by atoms with van der Waals surface area (Å²) in [6, 6.07) is 14.1. The van der Waals surface area contributed by atoms with E-state index in [0.29, 0.717) is 5.75 Å². The van der Waals surface area contributed by atoms with E-state index in [-0.39, 0.29) is 0 Å². The van der Waals surface area contributed by atoms with Crippen LogP contribution < -0.4 is 0 Å². The van der Waals surface area contributed by atoms with Gasteiger partial charge in [-0.15, -0.1) is 0 Å². The van der Waals surface area contributed by atoms with E-state index in [2.05, 4.69) is 24.0 Å². The van der Waals surface area contributed by atoms with E-state index < -0.39 is 0 Å². The van der Waals surface area contributed by atoms with Crippen molar-refractivity contribution >= 4 is 11.9 Å². The Balaban J connectivity index is 1.75. The van der Waals surface area contributed by atoms with Gasteiger partial charge in [0.25, 0.3) is 0 Å². The molecule has 0 heterocycles. The predicted octanol–water partition coefficient (Wildman–Crippen LogP) is 7.91. The molecule has 2 heteroatoms. The Morgan fingerprint density at radius 2 is 1.43 bits per heavy atom. The summed E-state index contributed by atoms with van der Waals surface area (Å²) in [6.07, 6.45) is 16.4. The Bertz CT molecular complexity index is 706. The summed E-state index contributed by atoms with van der Waals surface area (Å²) < 4.78 is 0. The first-order valence-electron chi connectivity index (χ1n) is 11.1. The first kappa shape index (κ1) is 22.2. The normalized spacial score (nSPS) is 11.4. The van der Waals surface area contributed by atoms with Gasteiger partial charge in [-0.1, -0.05) is 89.0 Å². The highest BCUT2D eigenvalue weighted by atomic mass is 16.3. The van der Waals surface area contributed by atoms with Crippen molar-refractivity contribution in [2.75, 3.05) is 0 Å². The number of hydrogen-bond donors (Lipinski definition) is 1. The zero-order chi connectivity index (χ0) is 20.0. The number of aryl methyl sites for hydroxylation is 2. The van der Waals surface area contributed by atoms with Crippen LogP contribution in [0.25, 0.3) is 0 Å². The summed E-state index contributed by atoms with van der Waals surface area (Å²) in [5.74, 6) is 0.339. The van der Waals surface area contributed by atoms with Gasteiger partial charge in [-0.3, -0.25) is 4.99 Å². The molecule has 0 aliphatic carbocycles. The third-order valence-corrected chi connectivity index (χ3v) is 5.32. The molecule has 152 valence electrons. The quantitative estimate of drug-likeness (QED) is 0.278. The zero-order valence-electron chi connectivity index (χ0n) is 17.8. The van der Waals surface area contributed by atoms with Crippen molar-refractivity contribution in [2.45, 2.75) is 84.5 Å². The number of phenols is 1. The topological polar surface area (TPSA) is 32.6 Å². The standard InChI is InChI=1S/C26H37NO/c1-3-4-5-6-7-8-9-10-11-13-16-23-19-22(2)26(28)24(20-23)21-27-25-17-14-12-15-18-25/h12,14-15,17-21,28H,3-11,13,16H2,1-2H3. The summed E-state index contributed by atoms with van der Waals surface area (Å²) in [4.78, 5) is 4.49. The molecule has 1 N–H and O–H groups in total. The number of para-hydroxylation sites is 1. The smallest absolute Gasteiger partial charge is 0.127 e. The Kier molecular flexibility index (Phi) is 10.4. The monoisotopic (exact) mass is 379 g/mol. The van der Waals surface area contributed by atoms with E-state index in [0.717, 1.165) is 23.2 Å². The molecule has 0 aromatic heterocycles. The van der Waals surface area contributed by atoms with Crippen molar-refractivity contribution in [3.05, 3.63) is 59.2 Å². The molecular weight excluding hydrogens is 342 g/mol. The molecule has 0 fully saturated rings. The van der Waals surface area contributed by atoms with Gasteiger partial charge in [-0.05, 0) is 49.1 Å². The molecule has 0 aliphatic rings. The Labute approximate surface area is 171 Å². The molecule has 0 radical (unpaired) electrons. The maximum absolute atomic E-state index is 10.4. The van der Waals surface area contributed by atoms with Crippen molar-refractivity contribution in [2.24, 2.45) is 4.99 Å². The number of aromatic hydroxyl groups is 1. The number of rotatable bonds is 13. The van der Waals surface area contributed by atoms with Crippen molar-refractivity contribution in [1.82, 2.24) is 0 Å². The van der Waals surface area contributed by atoms with Crippen LogP contribution in [-0.2, 0) is 6.42 Å². The van der Waals surface area contributed by atoms with E-state index in [1.165, 1.54) is 69.8 Å². The average Bonchev–Trinajstić information content (AvgIpc) is 2.71. The summed E-state index contributed by atoms with van der Waals surface area (Å²) in [5.41, 5.74) is 3.94. The van der Waals surface area contributed by atoms with Gasteiger partial charge in [-0.2, -0.15) is 0 Å². The summed E-state index contributed by atoms with van der Waals surface area (Å²) in [7, 11) is 0. The van der Waals surface area contributed by atoms with Crippen molar-refractivity contribution in [3.63, 3.8) is 0 Å². The molecule has 0 unspecified atom stereocenters. The van der Waals surface area contributed by atoms with Gasteiger partial charge in [0.1, 0.15) is 5.75 Å². The SMILES string of the molecule is CCCCCCCCCCCCc1cc(C)c(O)c(C=Nc2ccccc2)c1. The van der Waals surface area contributed by atoms with Gasteiger partial charge in [-0.25, -0.2) is 0 Å². The van der Waals surface area contributed by atoms with Crippen LogP contribution in [0.3, 0.4) is 0 Å². The fourth-order valence-corrected chi connectivity index (χ4v) is 3.60. The summed E-state index contributed by atoms with van der Waals surface area (Å²) >= 11 is 0. The molecule has 2 aromatic rings. The van der Waals surface area contributed by atoms with Crippen LogP contribution in [0.15, 0.2) is 47.5 Å². The predicted molar refractivity (Wildman–Crippen MR) is 122 cm³/mol. The minimum absolute atomic E-state index is 0.339. The van der Waals surface area contributed by atoms with Gasteiger partial charge in [0, 0.05) is 11.8 Å². The van der Waals surface area contributed by atoms with Gasteiger partial charge >= 0.3 is 0 Å². The lowest BCUT2D eigenvalue weighted by Crippen LogP contribution is -1.93. The van der Waals surface area contributed by atoms with E-state index >= 15 is 0 Å². The molecule has 0 saturated carbocycles. The molecule has 2 nitrogen and oxygen atoms in total. The maximum atomic E-state index is 10.4. The largest absolute Gasteiger partial charge is 0.507 e. The van der Waals surface area contributed by atoms with E-state index in [9.17, 15) is 5.11 Å². The molecule has 2 aromatic carbocycles. The lowest BCUT2D eigenvalue weighted by molar-refractivity contribution is 0.470. The zero-order valence-corrected chi connectivity index (χ0v) is 17.8. The van der Waals surface area contributed by atoms with Crippen LogP contribution in [0.1, 0.15) is 87.8 Å². The highest BCUT2D eigenvalue weighted by Crippen LogP contribution is 2.24. The fraction of sp³-hybridized carbons (Fsp3) is 0.500. The summed E-state index contributed by atoms with van der Waals surface area (Å²) in [6.45, 7) is 4.24. The molecule has 0 amide bonds. The van der Waals surface area contributed by atoms with Crippen LogP contribution in [0.4, 0.5) is 5.69 Å². The number of hydrogen-bond acceptors (Lipinski definition) is 2. The highest BCUT2D eigenvalue weighted by Gasteiger charge is 2.06. The maximum Gasteiger partial charge on any atom is 0.127 e. The molecule has 0 bridgehead atoms. The molecule has 0 spiro atoms. The van der Waals surface area contributed by atoms with Gasteiger partial charge < -0.3 is 5.11 Å². The second kappa shape index (κ2) is 13.1. The number of aliphatic imine (C=N–C) groups is 1. The minimum Gasteiger partial charge on any atom is -0.507 e. The van der Waals surface area contributed by atoms with Crippen molar-refractivity contribution < 1.29 is 5.11 Å². The molecule has 0 atom stereocenters. The Hall–Kier alpha value is -2.09. The first-order chi connectivity index (χ1) is 13.7. The van der Waals surface area contributed by atoms with Crippen molar-refractivity contribution in [3.8, 4) is 5.75 Å². The molecule has 0 saturated heterocycles. The van der Waals surface area contributed by atoms with Crippen LogP contribution in [0.5, 0.6) is 5.75 Å². The van der Waals surface area contributed by atoms with Crippen LogP contribution in [-0.4, -0.2) is 11.3 Å². The van der Waals surface area contributed by atoms with Gasteiger partial charge in [0.15, 0.2) is 0 Å². The lowest BCUT2D eigenvalue weighted by Gasteiger charge is -2.08. The minimum atomic E-state index is 0.339. The van der Waals surface area contributed by atoms with E-state index in [4.69, 9.17) is 0 Å². The van der Waals surface area contributed by atoms with Crippen LogP contribution in [0.2, 0.25) is 0 Å². The number of unbranched alkanes of at least 4 members (excludes halogenated alkanes) is 9. The second-order valence-electron chi connectivity index (χ2n) is 7.88. The second-order valence-corrected chi connectivity index (χ2v) is 7.88. The van der Waals surface area contributed by atoms with Gasteiger partial charge in [0.2, 0.25) is 0 Å². The van der Waals surface area contributed by atoms with E-state index in [1.807, 2.05) is 37.3 Å². The average molecular weight is 380 g/mol. The third-order valence-electron chi connectivity index (χ3n) is 5.32. The number of nitrogens with zero attached hydrogens (tertiary/aromatic N) is 1. The third kappa shape index (κ3) is 8.29. The molecule has 0 aliphatic heterocycles. The summed E-state index contributed by atoms with van der Waals surface area (Å²) in [5, 5.41) is 10.4. The number of phenolic OH excluding ortho intramolecular Hbond substituents is 1. The fourth-order valence-electron chi connectivity index (χ4n) is 3.60. The van der Waals surface area contributed by atoms with Crippen LogP contribution in [0, 0.1) is 6.92 Å².